The number of rotatable bonds is 3. The van der Waals surface area contributed by atoms with Crippen LogP contribution in [0.4, 0.5) is 5.00 Å². The summed E-state index contributed by atoms with van der Waals surface area (Å²) in [5.74, 6) is -0.815. The summed E-state index contributed by atoms with van der Waals surface area (Å²) in [6.07, 6.45) is 1.36. The summed E-state index contributed by atoms with van der Waals surface area (Å²) in [7, 11) is 0. The Hall–Kier alpha value is -1.93. The van der Waals surface area contributed by atoms with Gasteiger partial charge in [-0.05, 0) is 30.7 Å². The second kappa shape index (κ2) is 7.83. The number of nitrogens with zero attached hydrogens (tertiary/aromatic N) is 1. The Morgan fingerprint density at radius 3 is 2.54 bits per heavy atom. The van der Waals surface area contributed by atoms with E-state index in [0.29, 0.717) is 59.6 Å². The fraction of sp³-hybridized carbons (Fsp3) is 0.400. The van der Waals surface area contributed by atoms with Crippen LogP contribution in [-0.2, 0) is 9.47 Å². The van der Waals surface area contributed by atoms with Gasteiger partial charge < -0.3 is 19.7 Å². The minimum absolute atomic E-state index is 0.0198. The molecule has 1 aromatic heterocycles. The summed E-state index contributed by atoms with van der Waals surface area (Å²) >= 11 is 7.37. The van der Waals surface area contributed by atoms with Crippen molar-refractivity contribution in [1.82, 2.24) is 4.90 Å². The Kier molecular flexibility index (Phi) is 5.42. The highest BCUT2D eigenvalue weighted by atomic mass is 35.5. The van der Waals surface area contributed by atoms with E-state index in [0.717, 1.165) is 5.56 Å². The molecular weight excluding hydrogens is 400 g/mol. The van der Waals surface area contributed by atoms with E-state index >= 15 is 0 Å². The molecule has 1 aromatic carbocycles. The monoisotopic (exact) mass is 420 g/mol. The smallest absolute Gasteiger partial charge is 0.264 e. The van der Waals surface area contributed by atoms with Crippen molar-refractivity contribution in [1.29, 1.82) is 0 Å². The van der Waals surface area contributed by atoms with Crippen molar-refractivity contribution < 1.29 is 19.1 Å². The van der Waals surface area contributed by atoms with Gasteiger partial charge in [0.1, 0.15) is 0 Å². The molecule has 1 N–H and O–H groups in total. The summed E-state index contributed by atoms with van der Waals surface area (Å²) in [5, 5.41) is 3.86. The van der Waals surface area contributed by atoms with Crippen LogP contribution in [0.5, 0.6) is 0 Å². The number of benzene rings is 1. The minimum atomic E-state index is -0.505. The van der Waals surface area contributed by atoms with Crippen molar-refractivity contribution in [3.63, 3.8) is 0 Å². The largest absolute Gasteiger partial charge is 0.347 e. The van der Waals surface area contributed by atoms with Gasteiger partial charge in [-0.2, -0.15) is 0 Å². The predicted octanol–water partition coefficient (Wildman–Crippen LogP) is 3.94. The molecule has 8 heteroatoms. The first-order valence-corrected chi connectivity index (χ1v) is 10.4. The number of piperidine rings is 1. The Morgan fingerprint density at radius 1 is 1.18 bits per heavy atom. The molecule has 0 saturated carbocycles. The Bertz CT molecular complexity index is 897. The quantitative estimate of drug-likeness (QED) is 0.816. The van der Waals surface area contributed by atoms with E-state index in [-0.39, 0.29) is 11.8 Å². The van der Waals surface area contributed by atoms with E-state index in [1.807, 2.05) is 17.9 Å². The van der Waals surface area contributed by atoms with Crippen LogP contribution in [0.2, 0.25) is 5.02 Å². The van der Waals surface area contributed by atoms with Gasteiger partial charge in [0.2, 0.25) is 0 Å². The number of halogens is 1. The first kappa shape index (κ1) is 19.4. The first-order valence-electron chi connectivity index (χ1n) is 9.21. The first-order chi connectivity index (χ1) is 13.5. The molecule has 2 saturated heterocycles. The third-order valence-corrected chi connectivity index (χ3v) is 6.56. The molecule has 2 aliphatic rings. The highest BCUT2D eigenvalue weighted by Crippen LogP contribution is 2.34. The van der Waals surface area contributed by atoms with Crippen LogP contribution < -0.4 is 5.32 Å². The second-order valence-corrected chi connectivity index (χ2v) is 8.42. The molecule has 4 rings (SSSR count). The zero-order valence-electron chi connectivity index (χ0n) is 15.5. The normalized spacial score (nSPS) is 18.4. The highest BCUT2D eigenvalue weighted by Gasteiger charge is 2.41. The molecule has 0 unspecified atom stereocenters. The van der Waals surface area contributed by atoms with Crippen molar-refractivity contribution in [3.8, 4) is 0 Å². The van der Waals surface area contributed by atoms with Gasteiger partial charge in [-0.15, -0.1) is 11.3 Å². The fourth-order valence-corrected chi connectivity index (χ4v) is 4.82. The maximum atomic E-state index is 13.0. The topological polar surface area (TPSA) is 67.9 Å². The number of hydrogen-bond acceptors (Lipinski definition) is 5. The SMILES string of the molecule is Cc1cc(NC(=O)c2ccccc2Cl)sc1C(=O)N1CCC2(CC1)OCCO2. The zero-order chi connectivity index (χ0) is 19.7. The number of likely N-dealkylation sites (tertiary alicyclic amines) is 1. The summed E-state index contributed by atoms with van der Waals surface area (Å²) in [6.45, 7) is 4.30. The molecule has 2 amide bonds. The molecule has 2 aliphatic heterocycles. The van der Waals surface area contributed by atoms with Gasteiger partial charge in [-0.25, -0.2) is 0 Å². The number of aryl methyl sites for hydroxylation is 1. The molecule has 0 bridgehead atoms. The lowest BCUT2D eigenvalue weighted by Gasteiger charge is -2.37. The average molecular weight is 421 g/mol. The number of hydrogen-bond donors (Lipinski definition) is 1. The van der Waals surface area contributed by atoms with Gasteiger partial charge in [0.05, 0.1) is 33.7 Å². The maximum absolute atomic E-state index is 13.0. The van der Waals surface area contributed by atoms with Crippen LogP contribution in [0, 0.1) is 6.92 Å². The third-order valence-electron chi connectivity index (χ3n) is 5.09. The van der Waals surface area contributed by atoms with Crippen LogP contribution in [0.25, 0.3) is 0 Å². The number of nitrogens with one attached hydrogen (secondary N) is 1. The average Bonchev–Trinajstić information content (AvgIpc) is 3.29. The summed E-state index contributed by atoms with van der Waals surface area (Å²) in [6, 6.07) is 8.69. The molecule has 148 valence electrons. The molecule has 2 fully saturated rings. The molecule has 0 aliphatic carbocycles. The Balaban J connectivity index is 1.43. The summed E-state index contributed by atoms with van der Waals surface area (Å²) in [5.41, 5.74) is 1.25. The predicted molar refractivity (Wildman–Crippen MR) is 108 cm³/mol. The number of thiophene rings is 1. The minimum Gasteiger partial charge on any atom is -0.347 e. The number of carbonyl (C=O) groups excluding carboxylic acids is 2. The van der Waals surface area contributed by atoms with E-state index in [4.69, 9.17) is 21.1 Å². The van der Waals surface area contributed by atoms with E-state index in [1.54, 1.807) is 24.3 Å². The van der Waals surface area contributed by atoms with Crippen LogP contribution in [0.3, 0.4) is 0 Å². The van der Waals surface area contributed by atoms with Crippen molar-refractivity contribution in [2.24, 2.45) is 0 Å². The Morgan fingerprint density at radius 2 is 1.86 bits per heavy atom. The van der Waals surface area contributed by atoms with Gasteiger partial charge >= 0.3 is 0 Å². The van der Waals surface area contributed by atoms with Crippen LogP contribution >= 0.6 is 22.9 Å². The third kappa shape index (κ3) is 3.80. The second-order valence-electron chi connectivity index (χ2n) is 6.96. The lowest BCUT2D eigenvalue weighted by Crippen LogP contribution is -2.47. The zero-order valence-corrected chi connectivity index (χ0v) is 17.1. The summed E-state index contributed by atoms with van der Waals surface area (Å²) < 4.78 is 11.4. The van der Waals surface area contributed by atoms with Crippen LogP contribution in [0.1, 0.15) is 38.4 Å². The molecule has 28 heavy (non-hydrogen) atoms. The molecule has 0 atom stereocenters. The molecule has 3 heterocycles. The van der Waals surface area contributed by atoms with Crippen molar-refractivity contribution in [3.05, 3.63) is 51.4 Å². The van der Waals surface area contributed by atoms with E-state index < -0.39 is 5.79 Å². The Labute approximate surface area is 172 Å². The number of amides is 2. The van der Waals surface area contributed by atoms with Gasteiger partial charge in [-0.1, -0.05) is 23.7 Å². The molecular formula is C20H21ClN2O4S. The number of carbonyl (C=O) groups is 2. The number of ether oxygens (including phenoxy) is 2. The van der Waals surface area contributed by atoms with Gasteiger partial charge in [0.15, 0.2) is 5.79 Å². The van der Waals surface area contributed by atoms with Gasteiger partial charge in [-0.3, -0.25) is 9.59 Å². The van der Waals surface area contributed by atoms with Crippen molar-refractivity contribution >= 4 is 39.8 Å². The highest BCUT2D eigenvalue weighted by molar-refractivity contribution is 7.18. The molecule has 6 nitrogen and oxygen atoms in total. The van der Waals surface area contributed by atoms with Crippen LogP contribution in [0.15, 0.2) is 30.3 Å². The standard InChI is InChI=1S/C20H21ClN2O4S/c1-13-12-16(22-18(24)14-4-2-3-5-15(14)21)28-17(13)19(25)23-8-6-20(7-9-23)26-10-11-27-20/h2-5,12H,6-11H2,1H3,(H,22,24). The van der Waals surface area contributed by atoms with E-state index in [9.17, 15) is 9.59 Å². The summed E-state index contributed by atoms with van der Waals surface area (Å²) in [4.78, 5) is 27.9. The van der Waals surface area contributed by atoms with E-state index in [1.165, 1.54) is 11.3 Å². The molecule has 1 spiro atoms. The lowest BCUT2D eigenvalue weighted by molar-refractivity contribution is -0.181. The van der Waals surface area contributed by atoms with Gasteiger partial charge in [0, 0.05) is 25.9 Å². The number of anilines is 1. The van der Waals surface area contributed by atoms with Crippen LogP contribution in [-0.4, -0.2) is 48.8 Å². The fourth-order valence-electron chi connectivity index (χ4n) is 3.56. The lowest BCUT2D eigenvalue weighted by atomic mass is 10.0. The van der Waals surface area contributed by atoms with E-state index in [2.05, 4.69) is 5.32 Å². The van der Waals surface area contributed by atoms with Crippen molar-refractivity contribution in [2.75, 3.05) is 31.6 Å². The molecule has 0 radical (unpaired) electrons. The maximum Gasteiger partial charge on any atom is 0.264 e. The molecule has 2 aromatic rings. The van der Waals surface area contributed by atoms with Crippen molar-refractivity contribution in [2.45, 2.75) is 25.6 Å². The van der Waals surface area contributed by atoms with Gasteiger partial charge in [0.25, 0.3) is 11.8 Å².